The van der Waals surface area contributed by atoms with Gasteiger partial charge in [-0.3, -0.25) is 0 Å². The van der Waals surface area contributed by atoms with Crippen LogP contribution in [-0.4, -0.2) is 47.5 Å². The number of rotatable bonds is 6. The maximum atomic E-state index is 13.2. The third kappa shape index (κ3) is 4.37. The van der Waals surface area contributed by atoms with E-state index >= 15 is 0 Å². The number of sulfonamides is 2. The van der Waals surface area contributed by atoms with Gasteiger partial charge in [-0.25, -0.2) is 30.3 Å². The highest BCUT2D eigenvalue weighted by Crippen LogP contribution is 2.21. The van der Waals surface area contributed by atoms with Gasteiger partial charge in [0.1, 0.15) is 5.82 Å². The maximum Gasteiger partial charge on any atom is 0.240 e. The first kappa shape index (κ1) is 17.8. The fourth-order valence-corrected chi connectivity index (χ4v) is 3.67. The van der Waals surface area contributed by atoms with Crippen LogP contribution in [0.2, 0.25) is 0 Å². The average molecular weight is 339 g/mol. The van der Waals surface area contributed by atoms with Gasteiger partial charge >= 0.3 is 0 Å². The molecule has 1 rings (SSSR count). The Kier molecular flexibility index (Phi) is 5.31. The summed E-state index contributed by atoms with van der Waals surface area (Å²) in [5.74, 6) is -1.09. The van der Waals surface area contributed by atoms with E-state index in [0.29, 0.717) is 0 Å². The van der Waals surface area contributed by atoms with Crippen LogP contribution in [0.3, 0.4) is 0 Å². The van der Waals surface area contributed by atoms with Crippen LogP contribution in [0.5, 0.6) is 0 Å². The molecule has 0 amide bonds. The third-order valence-corrected chi connectivity index (χ3v) is 6.23. The summed E-state index contributed by atoms with van der Waals surface area (Å²) < 4.78 is 63.6. The largest absolute Gasteiger partial charge is 0.396 e. The highest BCUT2D eigenvalue weighted by Gasteiger charge is 2.20. The van der Waals surface area contributed by atoms with Crippen LogP contribution < -0.4 is 10.5 Å². The molecule has 1 aromatic carbocycles. The standard InChI is InChI=1S/C11H18FN3O4S2/c1-8-6-9(12)10(13)7-11(8)21(18,19)14-4-5-20(16,17)15(2)3/h6-7,14H,4-5,13H2,1-3H3. The van der Waals surface area contributed by atoms with Crippen molar-refractivity contribution in [3.05, 3.63) is 23.5 Å². The van der Waals surface area contributed by atoms with Gasteiger partial charge < -0.3 is 5.73 Å². The zero-order valence-electron chi connectivity index (χ0n) is 11.9. The lowest BCUT2D eigenvalue weighted by molar-refractivity contribution is 0.519. The van der Waals surface area contributed by atoms with E-state index in [1.165, 1.54) is 21.0 Å². The molecule has 0 saturated heterocycles. The molecule has 7 nitrogen and oxygen atoms in total. The molecule has 0 atom stereocenters. The van der Waals surface area contributed by atoms with E-state index < -0.39 is 25.9 Å². The van der Waals surface area contributed by atoms with Crippen LogP contribution >= 0.6 is 0 Å². The molecule has 120 valence electrons. The Morgan fingerprint density at radius 2 is 1.81 bits per heavy atom. The number of nitrogens with one attached hydrogen (secondary N) is 1. The zero-order valence-corrected chi connectivity index (χ0v) is 13.6. The number of anilines is 1. The average Bonchev–Trinajstić information content (AvgIpc) is 2.32. The number of hydrogen-bond acceptors (Lipinski definition) is 5. The predicted octanol–water partition coefficient (Wildman–Crippen LogP) is -0.114. The van der Waals surface area contributed by atoms with Crippen LogP contribution in [0.1, 0.15) is 5.56 Å². The summed E-state index contributed by atoms with van der Waals surface area (Å²) in [7, 11) is -4.75. The predicted molar refractivity (Wildman–Crippen MR) is 78.2 cm³/mol. The smallest absolute Gasteiger partial charge is 0.240 e. The van der Waals surface area contributed by atoms with Gasteiger partial charge in [0, 0.05) is 20.6 Å². The van der Waals surface area contributed by atoms with Gasteiger partial charge in [-0.15, -0.1) is 0 Å². The van der Waals surface area contributed by atoms with Crippen molar-refractivity contribution in [2.45, 2.75) is 11.8 Å². The van der Waals surface area contributed by atoms with Gasteiger partial charge in [0.05, 0.1) is 16.3 Å². The van der Waals surface area contributed by atoms with Gasteiger partial charge in [0.15, 0.2) is 0 Å². The summed E-state index contributed by atoms with van der Waals surface area (Å²) >= 11 is 0. The first-order valence-electron chi connectivity index (χ1n) is 5.93. The molecule has 0 aliphatic carbocycles. The number of benzene rings is 1. The van der Waals surface area contributed by atoms with Crippen molar-refractivity contribution in [1.82, 2.24) is 9.03 Å². The van der Waals surface area contributed by atoms with Gasteiger partial charge in [-0.2, -0.15) is 0 Å². The highest BCUT2D eigenvalue weighted by molar-refractivity contribution is 7.90. The molecule has 0 heterocycles. The Hall–Kier alpha value is -1.23. The minimum absolute atomic E-state index is 0.177. The molecule has 0 saturated carbocycles. The van der Waals surface area contributed by atoms with Crippen molar-refractivity contribution in [3.63, 3.8) is 0 Å². The van der Waals surface area contributed by atoms with E-state index in [1.54, 1.807) is 0 Å². The monoisotopic (exact) mass is 339 g/mol. The van der Waals surface area contributed by atoms with E-state index in [9.17, 15) is 21.2 Å². The molecular weight excluding hydrogens is 321 g/mol. The molecule has 0 spiro atoms. The topological polar surface area (TPSA) is 110 Å². The molecular formula is C11H18FN3O4S2. The number of hydrogen-bond donors (Lipinski definition) is 2. The van der Waals surface area contributed by atoms with Crippen LogP contribution in [-0.2, 0) is 20.0 Å². The molecule has 0 radical (unpaired) electrons. The van der Waals surface area contributed by atoms with Gasteiger partial charge in [-0.1, -0.05) is 0 Å². The number of halogens is 1. The summed E-state index contributed by atoms with van der Waals surface area (Å²) in [6.07, 6.45) is 0. The van der Waals surface area contributed by atoms with Crippen molar-refractivity contribution < 1.29 is 21.2 Å². The molecule has 0 aliphatic rings. The summed E-state index contributed by atoms with van der Waals surface area (Å²) in [5, 5.41) is 0. The molecule has 0 aromatic heterocycles. The Morgan fingerprint density at radius 3 is 2.33 bits per heavy atom. The highest BCUT2D eigenvalue weighted by atomic mass is 32.2. The van der Waals surface area contributed by atoms with Crippen LogP contribution in [0.4, 0.5) is 10.1 Å². The molecule has 0 unspecified atom stereocenters. The van der Waals surface area contributed by atoms with E-state index in [1.807, 2.05) is 0 Å². The van der Waals surface area contributed by atoms with E-state index in [2.05, 4.69) is 4.72 Å². The SMILES string of the molecule is Cc1cc(F)c(N)cc1S(=O)(=O)NCCS(=O)(=O)N(C)C. The van der Waals surface area contributed by atoms with Crippen LogP contribution in [0.25, 0.3) is 0 Å². The second kappa shape index (κ2) is 6.26. The number of nitrogens with zero attached hydrogens (tertiary/aromatic N) is 1. The van der Waals surface area contributed by atoms with Gasteiger partial charge in [0.2, 0.25) is 20.0 Å². The van der Waals surface area contributed by atoms with Gasteiger partial charge in [-0.05, 0) is 24.6 Å². The second-order valence-electron chi connectivity index (χ2n) is 4.64. The molecule has 10 heteroatoms. The Bertz CT molecular complexity index is 730. The first-order chi connectivity index (χ1) is 9.47. The fraction of sp³-hybridized carbons (Fsp3) is 0.455. The quantitative estimate of drug-likeness (QED) is 0.703. The molecule has 0 bridgehead atoms. The molecule has 3 N–H and O–H groups in total. The van der Waals surface area contributed by atoms with Crippen LogP contribution in [0.15, 0.2) is 17.0 Å². The third-order valence-electron chi connectivity index (χ3n) is 2.79. The number of aryl methyl sites for hydroxylation is 1. The maximum absolute atomic E-state index is 13.2. The van der Waals surface area contributed by atoms with E-state index in [-0.39, 0.29) is 28.4 Å². The fourth-order valence-electron chi connectivity index (χ4n) is 1.52. The Labute approximate surface area is 124 Å². The van der Waals surface area contributed by atoms with Gasteiger partial charge in [0.25, 0.3) is 0 Å². The Balaban J connectivity index is 2.92. The van der Waals surface area contributed by atoms with Crippen molar-refractivity contribution in [3.8, 4) is 0 Å². The minimum Gasteiger partial charge on any atom is -0.396 e. The Morgan fingerprint density at radius 1 is 1.24 bits per heavy atom. The minimum atomic E-state index is -3.96. The molecule has 21 heavy (non-hydrogen) atoms. The lowest BCUT2D eigenvalue weighted by atomic mass is 10.2. The lowest BCUT2D eigenvalue weighted by Gasteiger charge is -2.13. The van der Waals surface area contributed by atoms with Crippen molar-refractivity contribution >= 4 is 25.7 Å². The lowest BCUT2D eigenvalue weighted by Crippen LogP contribution is -2.34. The molecule has 0 fully saturated rings. The zero-order chi connectivity index (χ0) is 16.4. The molecule has 1 aromatic rings. The first-order valence-corrected chi connectivity index (χ1v) is 9.02. The van der Waals surface area contributed by atoms with E-state index in [0.717, 1.165) is 16.4 Å². The summed E-state index contributed by atoms with van der Waals surface area (Å²) in [4.78, 5) is -0.177. The summed E-state index contributed by atoms with van der Waals surface area (Å²) in [5.41, 5.74) is 5.25. The van der Waals surface area contributed by atoms with Crippen LogP contribution in [0, 0.1) is 12.7 Å². The van der Waals surface area contributed by atoms with E-state index in [4.69, 9.17) is 5.73 Å². The summed E-state index contributed by atoms with van der Waals surface area (Å²) in [6, 6.07) is 2.02. The number of nitrogens with two attached hydrogens (primary N) is 1. The second-order valence-corrected chi connectivity index (χ2v) is 8.67. The van der Waals surface area contributed by atoms with Crippen molar-refractivity contribution in [2.75, 3.05) is 32.1 Å². The summed E-state index contributed by atoms with van der Waals surface area (Å²) in [6.45, 7) is 1.13. The molecule has 0 aliphatic heterocycles. The van der Waals surface area contributed by atoms with Crippen molar-refractivity contribution in [1.29, 1.82) is 0 Å². The normalized spacial score (nSPS) is 12.8. The van der Waals surface area contributed by atoms with Crippen molar-refractivity contribution in [2.24, 2.45) is 0 Å². The number of nitrogen functional groups attached to an aromatic ring is 1.